The van der Waals surface area contributed by atoms with Gasteiger partial charge >= 0.3 is 0 Å². The zero-order valence-corrected chi connectivity index (χ0v) is 12.6. The molecular formula is C14H16ClIO. The third-order valence-electron chi connectivity index (χ3n) is 2.54. The van der Waals surface area contributed by atoms with Crippen molar-refractivity contribution in [1.82, 2.24) is 0 Å². The molecule has 0 aliphatic carbocycles. The van der Waals surface area contributed by atoms with Gasteiger partial charge in [-0.3, -0.25) is 4.79 Å². The molecule has 0 atom stereocenters. The van der Waals surface area contributed by atoms with Crippen LogP contribution in [0.25, 0.3) is 0 Å². The number of benzene rings is 1. The molecule has 1 nitrogen and oxygen atoms in total. The molecule has 1 aromatic carbocycles. The molecule has 0 aromatic heterocycles. The lowest BCUT2D eigenvalue weighted by molar-refractivity contribution is 0.0978. The van der Waals surface area contributed by atoms with Crippen LogP contribution in [0.5, 0.6) is 0 Å². The first-order valence-corrected chi connectivity index (χ1v) is 7.20. The fourth-order valence-corrected chi connectivity index (χ4v) is 2.41. The molecule has 92 valence electrons. The van der Waals surface area contributed by atoms with Crippen molar-refractivity contribution in [2.75, 3.05) is 0 Å². The van der Waals surface area contributed by atoms with Gasteiger partial charge in [0.1, 0.15) is 0 Å². The van der Waals surface area contributed by atoms with Crippen LogP contribution in [-0.2, 0) is 0 Å². The van der Waals surface area contributed by atoms with Crippen LogP contribution in [0, 0.1) is 3.57 Å². The van der Waals surface area contributed by atoms with Gasteiger partial charge in [-0.15, -0.1) is 6.58 Å². The molecule has 0 saturated carbocycles. The molecule has 0 unspecified atom stereocenters. The van der Waals surface area contributed by atoms with Crippen LogP contribution >= 0.6 is 34.2 Å². The number of halogens is 2. The third-order valence-corrected chi connectivity index (χ3v) is 3.72. The summed E-state index contributed by atoms with van der Waals surface area (Å²) in [5.74, 6) is 0.190. The zero-order chi connectivity index (χ0) is 12.7. The van der Waals surface area contributed by atoms with Gasteiger partial charge in [0, 0.05) is 20.6 Å². The van der Waals surface area contributed by atoms with E-state index >= 15 is 0 Å². The van der Waals surface area contributed by atoms with E-state index in [0.717, 1.165) is 34.8 Å². The van der Waals surface area contributed by atoms with E-state index in [2.05, 4.69) is 29.2 Å². The molecule has 0 heterocycles. The van der Waals surface area contributed by atoms with Crippen molar-refractivity contribution in [1.29, 1.82) is 0 Å². The summed E-state index contributed by atoms with van der Waals surface area (Å²) in [7, 11) is 0. The average molecular weight is 363 g/mol. The number of rotatable bonds is 7. The molecule has 1 aromatic rings. The lowest BCUT2D eigenvalue weighted by atomic mass is 10.0. The number of carbonyl (C=O) groups is 1. The zero-order valence-electron chi connectivity index (χ0n) is 9.72. The Morgan fingerprint density at radius 3 is 2.82 bits per heavy atom. The standard InChI is InChI=1S/C14H16ClIO/c1-2-3-4-5-6-7-14(17)12-10-11(15)8-9-13(12)16/h2,8-10H,1,3-7H2. The Morgan fingerprint density at radius 2 is 2.12 bits per heavy atom. The van der Waals surface area contributed by atoms with Crippen LogP contribution in [0.3, 0.4) is 0 Å². The van der Waals surface area contributed by atoms with Gasteiger partial charge < -0.3 is 0 Å². The fraction of sp³-hybridized carbons (Fsp3) is 0.357. The summed E-state index contributed by atoms with van der Waals surface area (Å²) >= 11 is 8.07. The van der Waals surface area contributed by atoms with Crippen LogP contribution in [0.4, 0.5) is 0 Å². The minimum absolute atomic E-state index is 0.190. The summed E-state index contributed by atoms with van der Waals surface area (Å²) in [6, 6.07) is 5.45. The Hall–Kier alpha value is -0.350. The maximum Gasteiger partial charge on any atom is 0.163 e. The molecule has 3 heteroatoms. The Labute approximate surface area is 121 Å². The van der Waals surface area contributed by atoms with Gasteiger partial charge in [0.25, 0.3) is 0 Å². The molecular weight excluding hydrogens is 347 g/mol. The molecule has 0 radical (unpaired) electrons. The topological polar surface area (TPSA) is 17.1 Å². The molecule has 0 amide bonds. The van der Waals surface area contributed by atoms with Crippen LogP contribution in [0.1, 0.15) is 42.5 Å². The van der Waals surface area contributed by atoms with Crippen LogP contribution in [0.15, 0.2) is 30.9 Å². The van der Waals surface area contributed by atoms with Crippen LogP contribution in [0.2, 0.25) is 5.02 Å². The van der Waals surface area contributed by atoms with Gasteiger partial charge in [-0.2, -0.15) is 0 Å². The average Bonchev–Trinajstić information content (AvgIpc) is 2.32. The Balaban J connectivity index is 2.46. The van der Waals surface area contributed by atoms with E-state index in [-0.39, 0.29) is 5.78 Å². The predicted octanol–water partition coefficient (Wildman–Crippen LogP) is 5.26. The first-order valence-electron chi connectivity index (χ1n) is 5.74. The number of hydrogen-bond acceptors (Lipinski definition) is 1. The van der Waals surface area contributed by atoms with Gasteiger partial charge in [-0.05, 0) is 60.1 Å². The number of ketones is 1. The maximum atomic E-state index is 12.0. The highest BCUT2D eigenvalue weighted by Crippen LogP contribution is 2.20. The highest BCUT2D eigenvalue weighted by molar-refractivity contribution is 14.1. The highest BCUT2D eigenvalue weighted by Gasteiger charge is 2.09. The highest BCUT2D eigenvalue weighted by atomic mass is 127. The number of unbranched alkanes of at least 4 members (excludes halogenated alkanes) is 3. The molecule has 0 fully saturated rings. The van der Waals surface area contributed by atoms with Crippen molar-refractivity contribution in [3.05, 3.63) is 45.0 Å². The van der Waals surface area contributed by atoms with Crippen molar-refractivity contribution in [2.24, 2.45) is 0 Å². The van der Waals surface area contributed by atoms with Gasteiger partial charge in [0.05, 0.1) is 0 Å². The largest absolute Gasteiger partial charge is 0.294 e. The predicted molar refractivity (Wildman–Crippen MR) is 81.8 cm³/mol. The number of Topliss-reactive ketones (excluding diaryl/α,β-unsaturated/α-hetero) is 1. The van der Waals surface area contributed by atoms with E-state index in [1.165, 1.54) is 0 Å². The second-order valence-corrected chi connectivity index (χ2v) is 5.53. The molecule has 0 spiro atoms. The molecule has 0 saturated heterocycles. The lowest BCUT2D eigenvalue weighted by Gasteiger charge is -2.04. The summed E-state index contributed by atoms with van der Waals surface area (Å²) in [5.41, 5.74) is 0.752. The molecule has 0 bridgehead atoms. The third kappa shape index (κ3) is 5.21. The smallest absolute Gasteiger partial charge is 0.163 e. The minimum atomic E-state index is 0.190. The molecule has 17 heavy (non-hydrogen) atoms. The molecule has 0 N–H and O–H groups in total. The Morgan fingerprint density at radius 1 is 1.35 bits per heavy atom. The van der Waals surface area contributed by atoms with Crippen LogP contribution in [-0.4, -0.2) is 5.78 Å². The van der Waals surface area contributed by atoms with Gasteiger partial charge in [0.15, 0.2) is 5.78 Å². The first-order chi connectivity index (χ1) is 8.15. The molecule has 0 aliphatic rings. The summed E-state index contributed by atoms with van der Waals surface area (Å²) < 4.78 is 0.975. The van der Waals surface area contributed by atoms with Crippen molar-refractivity contribution in [2.45, 2.75) is 32.1 Å². The quantitative estimate of drug-likeness (QED) is 0.280. The molecule has 0 aliphatic heterocycles. The SMILES string of the molecule is C=CCCCCCC(=O)c1cc(Cl)ccc1I. The Kier molecular flexibility index (Phi) is 6.82. The first kappa shape index (κ1) is 14.7. The number of hydrogen-bond donors (Lipinski definition) is 0. The molecule has 1 rings (SSSR count). The fourth-order valence-electron chi connectivity index (χ4n) is 1.60. The maximum absolute atomic E-state index is 12.0. The summed E-state index contributed by atoms with van der Waals surface area (Å²) in [4.78, 5) is 12.0. The number of carbonyl (C=O) groups excluding carboxylic acids is 1. The normalized spacial score (nSPS) is 10.2. The second-order valence-electron chi connectivity index (χ2n) is 3.94. The second kappa shape index (κ2) is 7.88. The van der Waals surface area contributed by atoms with Crippen molar-refractivity contribution < 1.29 is 4.79 Å². The van der Waals surface area contributed by atoms with E-state index in [1.54, 1.807) is 6.07 Å². The Bertz CT molecular complexity index is 401. The van der Waals surface area contributed by atoms with E-state index < -0.39 is 0 Å². The summed E-state index contributed by atoms with van der Waals surface area (Å²) in [5, 5.41) is 0.625. The van der Waals surface area contributed by atoms with E-state index in [0.29, 0.717) is 11.4 Å². The monoisotopic (exact) mass is 362 g/mol. The van der Waals surface area contributed by atoms with E-state index in [4.69, 9.17) is 11.6 Å². The van der Waals surface area contributed by atoms with Gasteiger partial charge in [-0.1, -0.05) is 24.1 Å². The van der Waals surface area contributed by atoms with Gasteiger partial charge in [0.2, 0.25) is 0 Å². The minimum Gasteiger partial charge on any atom is -0.294 e. The van der Waals surface area contributed by atoms with Crippen molar-refractivity contribution >= 4 is 40.0 Å². The summed E-state index contributed by atoms with van der Waals surface area (Å²) in [6.45, 7) is 3.68. The van der Waals surface area contributed by atoms with Gasteiger partial charge in [-0.25, -0.2) is 0 Å². The summed E-state index contributed by atoms with van der Waals surface area (Å²) in [6.07, 6.45) is 6.69. The van der Waals surface area contributed by atoms with E-state index in [1.807, 2.05) is 18.2 Å². The van der Waals surface area contributed by atoms with Crippen molar-refractivity contribution in [3.63, 3.8) is 0 Å². The number of allylic oxidation sites excluding steroid dienone is 1. The van der Waals surface area contributed by atoms with Crippen LogP contribution < -0.4 is 0 Å². The lowest BCUT2D eigenvalue weighted by Crippen LogP contribution is -2.01. The van der Waals surface area contributed by atoms with E-state index in [9.17, 15) is 4.79 Å². The van der Waals surface area contributed by atoms with Crippen molar-refractivity contribution in [3.8, 4) is 0 Å².